The second-order valence-electron chi connectivity index (χ2n) is 5.42. The van der Waals surface area contributed by atoms with Gasteiger partial charge in [0.15, 0.2) is 5.96 Å². The quantitative estimate of drug-likeness (QED) is 0.918. The first-order chi connectivity index (χ1) is 10.1. The molecule has 21 heavy (non-hydrogen) atoms. The van der Waals surface area contributed by atoms with Crippen molar-refractivity contribution in [2.24, 2.45) is 10.7 Å². The summed E-state index contributed by atoms with van der Waals surface area (Å²) in [6, 6.07) is 13.0. The summed E-state index contributed by atoms with van der Waals surface area (Å²) in [6.07, 6.45) is 0. The number of rotatable bonds is 2. The summed E-state index contributed by atoms with van der Waals surface area (Å²) in [4.78, 5) is 6.39. The molecule has 2 N–H and O–H groups in total. The molecule has 0 amide bonds. The highest BCUT2D eigenvalue weighted by Gasteiger charge is 2.29. The zero-order chi connectivity index (χ0) is 15.0. The molecule has 1 aliphatic rings. The summed E-state index contributed by atoms with van der Waals surface area (Å²) in [5.74, 6) is 0.291. The van der Waals surface area contributed by atoms with Gasteiger partial charge in [-0.25, -0.2) is 4.39 Å². The van der Waals surface area contributed by atoms with Gasteiger partial charge in [-0.3, -0.25) is 4.99 Å². The predicted molar refractivity (Wildman–Crippen MR) is 84.0 cm³/mol. The Morgan fingerprint density at radius 3 is 2.71 bits per heavy atom. The molecule has 0 spiro atoms. The number of anilines is 1. The highest BCUT2D eigenvalue weighted by molar-refractivity contribution is 5.97. The van der Waals surface area contributed by atoms with E-state index in [4.69, 9.17) is 5.73 Å². The standard InChI is InChI=1S/C17H18FN3/c1-11-4-3-5-14(8-11)21-16(10-20-17(21)19)15-7-6-13(18)9-12(15)2/h3-9,16H,10H2,1-2H3,(H2,19,20). The highest BCUT2D eigenvalue weighted by atomic mass is 19.1. The van der Waals surface area contributed by atoms with E-state index in [0.717, 1.165) is 16.8 Å². The molecule has 0 saturated carbocycles. The molecule has 3 rings (SSSR count). The Hall–Kier alpha value is -2.36. The molecule has 1 atom stereocenters. The van der Waals surface area contributed by atoms with Gasteiger partial charge in [-0.2, -0.15) is 0 Å². The van der Waals surface area contributed by atoms with E-state index >= 15 is 0 Å². The summed E-state index contributed by atoms with van der Waals surface area (Å²) in [5, 5.41) is 0. The minimum Gasteiger partial charge on any atom is -0.369 e. The number of halogens is 1. The second-order valence-corrected chi connectivity index (χ2v) is 5.42. The van der Waals surface area contributed by atoms with Gasteiger partial charge in [-0.05, 0) is 54.8 Å². The van der Waals surface area contributed by atoms with Crippen LogP contribution < -0.4 is 10.6 Å². The normalized spacial score (nSPS) is 18.0. The Morgan fingerprint density at radius 1 is 1.19 bits per heavy atom. The van der Waals surface area contributed by atoms with Gasteiger partial charge in [0.1, 0.15) is 5.82 Å². The summed E-state index contributed by atoms with van der Waals surface area (Å²) < 4.78 is 13.3. The van der Waals surface area contributed by atoms with Crippen LogP contribution in [-0.2, 0) is 0 Å². The maximum absolute atomic E-state index is 13.3. The average molecular weight is 283 g/mol. The molecule has 2 aromatic carbocycles. The lowest BCUT2D eigenvalue weighted by Gasteiger charge is -2.28. The Balaban J connectivity index is 2.03. The molecule has 0 aliphatic carbocycles. The van der Waals surface area contributed by atoms with Crippen LogP contribution in [0.4, 0.5) is 10.1 Å². The number of guanidine groups is 1. The van der Waals surface area contributed by atoms with Crippen molar-refractivity contribution in [2.45, 2.75) is 19.9 Å². The van der Waals surface area contributed by atoms with Crippen molar-refractivity contribution in [1.82, 2.24) is 0 Å². The third-order valence-electron chi connectivity index (χ3n) is 3.86. The molecule has 0 aromatic heterocycles. The van der Waals surface area contributed by atoms with Crippen molar-refractivity contribution in [3.63, 3.8) is 0 Å². The Kier molecular flexibility index (Phi) is 3.37. The van der Waals surface area contributed by atoms with Gasteiger partial charge in [0.2, 0.25) is 0 Å². The van der Waals surface area contributed by atoms with Crippen molar-refractivity contribution in [3.8, 4) is 0 Å². The van der Waals surface area contributed by atoms with Crippen molar-refractivity contribution in [3.05, 3.63) is 65.0 Å². The zero-order valence-electron chi connectivity index (χ0n) is 12.2. The second kappa shape index (κ2) is 5.20. The first kappa shape index (κ1) is 13.6. The van der Waals surface area contributed by atoms with E-state index in [1.165, 1.54) is 11.6 Å². The maximum atomic E-state index is 13.3. The molecular formula is C17H18FN3. The van der Waals surface area contributed by atoms with Gasteiger partial charge in [0.25, 0.3) is 0 Å². The Morgan fingerprint density at radius 2 is 2.00 bits per heavy atom. The molecule has 0 fully saturated rings. The van der Waals surface area contributed by atoms with Crippen LogP contribution in [0.3, 0.4) is 0 Å². The fourth-order valence-electron chi connectivity index (χ4n) is 2.84. The van der Waals surface area contributed by atoms with Crippen LogP contribution in [-0.4, -0.2) is 12.5 Å². The van der Waals surface area contributed by atoms with E-state index in [0.29, 0.717) is 12.5 Å². The topological polar surface area (TPSA) is 41.6 Å². The highest BCUT2D eigenvalue weighted by Crippen LogP contribution is 2.33. The van der Waals surface area contributed by atoms with E-state index in [1.54, 1.807) is 6.07 Å². The lowest BCUT2D eigenvalue weighted by Crippen LogP contribution is -2.36. The number of aryl methyl sites for hydroxylation is 2. The summed E-state index contributed by atoms with van der Waals surface area (Å²) in [6.45, 7) is 4.55. The largest absolute Gasteiger partial charge is 0.369 e. The van der Waals surface area contributed by atoms with E-state index in [2.05, 4.69) is 11.1 Å². The molecule has 0 bridgehead atoms. The number of hydrogen-bond donors (Lipinski definition) is 1. The van der Waals surface area contributed by atoms with Gasteiger partial charge < -0.3 is 10.6 Å². The predicted octanol–water partition coefficient (Wildman–Crippen LogP) is 3.32. The molecule has 0 saturated heterocycles. The van der Waals surface area contributed by atoms with Crippen LogP contribution in [0.5, 0.6) is 0 Å². The molecule has 1 aliphatic heterocycles. The lowest BCUT2D eigenvalue weighted by atomic mass is 10.00. The van der Waals surface area contributed by atoms with E-state index in [1.807, 2.05) is 43.0 Å². The summed E-state index contributed by atoms with van der Waals surface area (Å²) >= 11 is 0. The molecule has 1 heterocycles. The van der Waals surface area contributed by atoms with Gasteiger partial charge in [-0.1, -0.05) is 18.2 Å². The molecule has 1 unspecified atom stereocenters. The number of hydrogen-bond acceptors (Lipinski definition) is 3. The lowest BCUT2D eigenvalue weighted by molar-refractivity contribution is 0.623. The summed E-state index contributed by atoms with van der Waals surface area (Å²) in [7, 11) is 0. The van der Waals surface area contributed by atoms with Gasteiger partial charge in [0.05, 0.1) is 12.6 Å². The van der Waals surface area contributed by atoms with E-state index < -0.39 is 0 Å². The van der Waals surface area contributed by atoms with Crippen LogP contribution in [0.1, 0.15) is 22.7 Å². The molecule has 108 valence electrons. The third kappa shape index (κ3) is 2.49. The van der Waals surface area contributed by atoms with Crippen LogP contribution >= 0.6 is 0 Å². The van der Waals surface area contributed by atoms with Crippen LogP contribution in [0, 0.1) is 19.7 Å². The maximum Gasteiger partial charge on any atom is 0.196 e. The van der Waals surface area contributed by atoms with Crippen molar-refractivity contribution >= 4 is 11.6 Å². The number of aliphatic imine (C=N–C) groups is 1. The van der Waals surface area contributed by atoms with Crippen molar-refractivity contribution in [2.75, 3.05) is 11.4 Å². The minimum absolute atomic E-state index is 0.0207. The molecular weight excluding hydrogens is 265 g/mol. The first-order valence-electron chi connectivity index (χ1n) is 6.98. The van der Waals surface area contributed by atoms with Gasteiger partial charge >= 0.3 is 0 Å². The third-order valence-corrected chi connectivity index (χ3v) is 3.86. The SMILES string of the molecule is Cc1cccc(N2C(N)=NCC2c2ccc(F)cc2C)c1. The monoisotopic (exact) mass is 283 g/mol. The van der Waals surface area contributed by atoms with Crippen LogP contribution in [0.25, 0.3) is 0 Å². The molecule has 0 radical (unpaired) electrons. The van der Waals surface area contributed by atoms with E-state index in [-0.39, 0.29) is 11.9 Å². The fourth-order valence-corrected chi connectivity index (χ4v) is 2.84. The first-order valence-corrected chi connectivity index (χ1v) is 6.98. The Bertz CT molecular complexity index is 709. The molecule has 3 nitrogen and oxygen atoms in total. The van der Waals surface area contributed by atoms with Gasteiger partial charge in [0, 0.05) is 5.69 Å². The number of nitrogens with zero attached hydrogens (tertiary/aromatic N) is 2. The van der Waals surface area contributed by atoms with E-state index in [9.17, 15) is 4.39 Å². The van der Waals surface area contributed by atoms with Crippen molar-refractivity contribution in [1.29, 1.82) is 0 Å². The van der Waals surface area contributed by atoms with Crippen molar-refractivity contribution < 1.29 is 4.39 Å². The fraction of sp³-hybridized carbons (Fsp3) is 0.235. The Labute approximate surface area is 123 Å². The number of nitrogens with two attached hydrogens (primary N) is 1. The van der Waals surface area contributed by atoms with Crippen LogP contribution in [0.15, 0.2) is 47.5 Å². The zero-order valence-corrected chi connectivity index (χ0v) is 12.2. The minimum atomic E-state index is -0.217. The smallest absolute Gasteiger partial charge is 0.196 e. The molecule has 4 heteroatoms. The van der Waals surface area contributed by atoms with Gasteiger partial charge in [-0.15, -0.1) is 0 Å². The summed E-state index contributed by atoms with van der Waals surface area (Å²) in [5.41, 5.74) is 10.2. The molecule has 2 aromatic rings. The number of benzene rings is 2. The van der Waals surface area contributed by atoms with Crippen LogP contribution in [0.2, 0.25) is 0 Å². The average Bonchev–Trinajstić information content (AvgIpc) is 2.80.